The zero-order valence-electron chi connectivity index (χ0n) is 13.4. The highest BCUT2D eigenvalue weighted by molar-refractivity contribution is 8.26. The number of benzene rings is 2. The fourth-order valence-corrected chi connectivity index (χ4v) is 3.50. The van der Waals surface area contributed by atoms with E-state index in [4.69, 9.17) is 12.2 Å². The molecule has 1 N–H and O–H groups in total. The first-order chi connectivity index (χ1) is 12.9. The average molecular weight is 402 g/mol. The molecule has 0 radical (unpaired) electrons. The van der Waals surface area contributed by atoms with E-state index in [0.29, 0.717) is 0 Å². The molecule has 27 heavy (non-hydrogen) atoms. The maximum absolute atomic E-state index is 12.6. The van der Waals surface area contributed by atoms with E-state index in [-0.39, 0.29) is 31.9 Å². The number of nitrogens with zero attached hydrogens (tertiary/aromatic N) is 3. The standard InChI is InChI=1S/C16H10N4O5S2/c21-15-14(9-10-5-1-3-7-12(10)19(22)23)27-16(26)18(15)17-11-6-2-4-8-13(11)20(24)25/h1-9,17H/b14-9+. The third-order valence-corrected chi connectivity index (χ3v) is 4.85. The van der Waals surface area contributed by atoms with Gasteiger partial charge < -0.3 is 0 Å². The minimum Gasteiger partial charge on any atom is -0.283 e. The molecule has 1 saturated heterocycles. The lowest BCUT2D eigenvalue weighted by atomic mass is 10.1. The second kappa shape index (κ2) is 7.51. The average Bonchev–Trinajstić information content (AvgIpc) is 2.90. The predicted octanol–water partition coefficient (Wildman–Crippen LogP) is 3.73. The molecular weight excluding hydrogens is 392 g/mol. The third-order valence-electron chi connectivity index (χ3n) is 3.55. The number of nitro benzene ring substituents is 2. The number of hydrogen-bond acceptors (Lipinski definition) is 8. The summed E-state index contributed by atoms with van der Waals surface area (Å²) in [7, 11) is 0. The number of nitrogens with one attached hydrogen (secondary N) is 1. The molecule has 3 rings (SSSR count). The third kappa shape index (κ3) is 3.78. The van der Waals surface area contributed by atoms with Gasteiger partial charge in [0.05, 0.1) is 20.3 Å². The van der Waals surface area contributed by atoms with E-state index >= 15 is 0 Å². The van der Waals surface area contributed by atoms with Gasteiger partial charge in [-0.3, -0.25) is 30.4 Å². The molecule has 11 heteroatoms. The Morgan fingerprint density at radius 1 is 1.00 bits per heavy atom. The number of nitro groups is 2. The van der Waals surface area contributed by atoms with Gasteiger partial charge in [-0.2, -0.15) is 0 Å². The van der Waals surface area contributed by atoms with Gasteiger partial charge in [-0.15, -0.1) is 0 Å². The van der Waals surface area contributed by atoms with Crippen LogP contribution < -0.4 is 5.43 Å². The Labute approximate surface area is 161 Å². The van der Waals surface area contributed by atoms with E-state index < -0.39 is 15.8 Å². The van der Waals surface area contributed by atoms with Gasteiger partial charge in [0.15, 0.2) is 4.32 Å². The number of hydrogen-bond donors (Lipinski definition) is 1. The summed E-state index contributed by atoms with van der Waals surface area (Å²) in [5.74, 6) is -0.554. The first kappa shape index (κ1) is 18.5. The van der Waals surface area contributed by atoms with Gasteiger partial charge >= 0.3 is 0 Å². The summed E-state index contributed by atoms with van der Waals surface area (Å²) in [6, 6.07) is 11.8. The summed E-state index contributed by atoms with van der Waals surface area (Å²) < 4.78 is 0.128. The summed E-state index contributed by atoms with van der Waals surface area (Å²) in [5.41, 5.74) is 2.65. The van der Waals surface area contributed by atoms with E-state index in [1.165, 1.54) is 42.5 Å². The highest BCUT2D eigenvalue weighted by atomic mass is 32.2. The Morgan fingerprint density at radius 3 is 2.26 bits per heavy atom. The molecule has 0 aliphatic carbocycles. The first-order valence-electron chi connectivity index (χ1n) is 7.40. The second-order valence-corrected chi connectivity index (χ2v) is 6.89. The molecular formula is C16H10N4O5S2. The van der Waals surface area contributed by atoms with Crippen molar-refractivity contribution in [1.29, 1.82) is 0 Å². The fraction of sp³-hybridized carbons (Fsp3) is 0. The van der Waals surface area contributed by atoms with Crippen molar-refractivity contribution in [3.8, 4) is 0 Å². The van der Waals surface area contributed by atoms with E-state index in [9.17, 15) is 25.0 Å². The van der Waals surface area contributed by atoms with Crippen molar-refractivity contribution in [2.24, 2.45) is 0 Å². The molecule has 1 aliphatic rings. The summed E-state index contributed by atoms with van der Waals surface area (Å²) in [6.07, 6.45) is 1.37. The Morgan fingerprint density at radius 2 is 1.59 bits per heavy atom. The molecule has 0 atom stereocenters. The van der Waals surface area contributed by atoms with E-state index in [1.54, 1.807) is 12.1 Å². The number of amides is 1. The van der Waals surface area contributed by atoms with Crippen molar-refractivity contribution in [2.45, 2.75) is 0 Å². The monoisotopic (exact) mass is 402 g/mol. The van der Waals surface area contributed by atoms with Crippen LogP contribution in [0.3, 0.4) is 0 Å². The zero-order chi connectivity index (χ0) is 19.6. The van der Waals surface area contributed by atoms with Crippen LogP contribution in [-0.2, 0) is 4.79 Å². The number of thiocarbonyl (C=S) groups is 1. The number of rotatable bonds is 5. The largest absolute Gasteiger partial charge is 0.294 e. The second-order valence-electron chi connectivity index (χ2n) is 5.22. The number of carbonyl (C=O) groups is 1. The van der Waals surface area contributed by atoms with Crippen LogP contribution >= 0.6 is 24.0 Å². The van der Waals surface area contributed by atoms with E-state index in [1.807, 2.05) is 0 Å². The van der Waals surface area contributed by atoms with Gasteiger partial charge in [-0.1, -0.05) is 36.0 Å². The van der Waals surface area contributed by atoms with Crippen molar-refractivity contribution in [2.75, 3.05) is 5.43 Å². The van der Waals surface area contributed by atoms with Crippen molar-refractivity contribution in [1.82, 2.24) is 5.01 Å². The molecule has 0 spiro atoms. The van der Waals surface area contributed by atoms with Crippen LogP contribution in [0.4, 0.5) is 17.1 Å². The minimum absolute atomic E-state index is 0.103. The van der Waals surface area contributed by atoms with Crippen LogP contribution in [0.25, 0.3) is 6.08 Å². The molecule has 0 bridgehead atoms. The summed E-state index contributed by atoms with van der Waals surface area (Å²) in [4.78, 5) is 33.9. The van der Waals surface area contributed by atoms with Crippen LogP contribution in [0.1, 0.15) is 5.56 Å². The highest BCUT2D eigenvalue weighted by Crippen LogP contribution is 2.35. The molecule has 0 aromatic heterocycles. The topological polar surface area (TPSA) is 119 Å². The van der Waals surface area contributed by atoms with Crippen LogP contribution in [0.15, 0.2) is 53.4 Å². The Bertz CT molecular complexity index is 1010. The van der Waals surface area contributed by atoms with Gasteiger partial charge in [0.1, 0.15) is 5.69 Å². The maximum Gasteiger partial charge on any atom is 0.294 e. The van der Waals surface area contributed by atoms with Gasteiger partial charge in [-0.05, 0) is 30.4 Å². The minimum atomic E-state index is -0.580. The molecule has 1 heterocycles. The number of carbonyl (C=O) groups excluding carboxylic acids is 1. The molecule has 9 nitrogen and oxygen atoms in total. The molecule has 1 amide bonds. The molecule has 0 saturated carbocycles. The van der Waals surface area contributed by atoms with Crippen molar-refractivity contribution in [3.63, 3.8) is 0 Å². The Balaban J connectivity index is 1.91. The van der Waals surface area contributed by atoms with Gasteiger partial charge in [0.25, 0.3) is 17.3 Å². The van der Waals surface area contributed by atoms with E-state index in [0.717, 1.165) is 16.8 Å². The molecule has 0 unspecified atom stereocenters. The van der Waals surface area contributed by atoms with Crippen LogP contribution in [-0.4, -0.2) is 25.1 Å². The molecule has 2 aromatic carbocycles. The van der Waals surface area contributed by atoms with Gasteiger partial charge in [0.2, 0.25) is 0 Å². The number of anilines is 1. The lowest BCUT2D eigenvalue weighted by Gasteiger charge is -2.16. The number of thioether (sulfide) groups is 1. The van der Waals surface area contributed by atoms with E-state index in [2.05, 4.69) is 5.43 Å². The van der Waals surface area contributed by atoms with Crippen molar-refractivity contribution < 1.29 is 14.6 Å². The summed E-state index contributed by atoms with van der Waals surface area (Å²) in [6.45, 7) is 0. The molecule has 1 aliphatic heterocycles. The predicted molar refractivity (Wildman–Crippen MR) is 105 cm³/mol. The maximum atomic E-state index is 12.6. The fourth-order valence-electron chi connectivity index (χ4n) is 2.33. The van der Waals surface area contributed by atoms with Crippen LogP contribution in [0.2, 0.25) is 0 Å². The summed E-state index contributed by atoms with van der Waals surface area (Å²) in [5, 5.41) is 23.2. The highest BCUT2D eigenvalue weighted by Gasteiger charge is 2.34. The quantitative estimate of drug-likeness (QED) is 0.348. The van der Waals surface area contributed by atoms with Gasteiger partial charge in [-0.25, -0.2) is 5.01 Å². The Hall–Kier alpha value is -3.31. The van der Waals surface area contributed by atoms with Crippen LogP contribution in [0.5, 0.6) is 0 Å². The zero-order valence-corrected chi connectivity index (χ0v) is 15.0. The molecule has 1 fully saturated rings. The van der Waals surface area contributed by atoms with Crippen LogP contribution in [0, 0.1) is 20.2 Å². The number of hydrazine groups is 1. The summed E-state index contributed by atoms with van der Waals surface area (Å²) >= 11 is 6.11. The smallest absolute Gasteiger partial charge is 0.283 e. The normalized spacial score (nSPS) is 15.3. The SMILES string of the molecule is O=C1/C(=C\c2ccccc2[N+](=O)[O-])SC(=S)N1Nc1ccccc1[N+](=O)[O-]. The van der Waals surface area contributed by atoms with Crippen molar-refractivity contribution in [3.05, 3.63) is 79.2 Å². The first-order valence-corrected chi connectivity index (χ1v) is 8.62. The van der Waals surface area contributed by atoms with Gasteiger partial charge in [0, 0.05) is 12.1 Å². The molecule has 136 valence electrons. The van der Waals surface area contributed by atoms with Crippen molar-refractivity contribution >= 4 is 57.3 Å². The lowest BCUT2D eigenvalue weighted by Crippen LogP contribution is -2.34. The number of para-hydroxylation sites is 3. The lowest BCUT2D eigenvalue weighted by molar-refractivity contribution is -0.385. The molecule has 2 aromatic rings. The Kier molecular flexibility index (Phi) is 5.14.